The van der Waals surface area contributed by atoms with Crippen LogP contribution in [0.5, 0.6) is 0 Å². The molecule has 1 aromatic carbocycles. The van der Waals surface area contributed by atoms with Gasteiger partial charge < -0.3 is 10.2 Å². The van der Waals surface area contributed by atoms with Gasteiger partial charge in [-0.1, -0.05) is 0 Å². The lowest BCUT2D eigenvalue weighted by Gasteiger charge is -2.31. The van der Waals surface area contributed by atoms with Gasteiger partial charge in [0.2, 0.25) is 15.9 Å². The minimum absolute atomic E-state index is 0.0653. The second-order valence-corrected chi connectivity index (χ2v) is 9.29. The van der Waals surface area contributed by atoms with E-state index in [9.17, 15) is 17.6 Å². The van der Waals surface area contributed by atoms with Crippen LogP contribution in [0.2, 0.25) is 0 Å². The van der Waals surface area contributed by atoms with E-state index in [1.165, 1.54) is 29.3 Å². The molecule has 27 heavy (non-hydrogen) atoms. The Bertz CT molecular complexity index is 733. The molecule has 3 rings (SSSR count). The molecule has 6 nitrogen and oxygen atoms in total. The second-order valence-electron chi connectivity index (χ2n) is 7.35. The van der Waals surface area contributed by atoms with Gasteiger partial charge in [-0.05, 0) is 76.0 Å². The van der Waals surface area contributed by atoms with Crippen LogP contribution in [0.25, 0.3) is 0 Å². The third kappa shape index (κ3) is 5.27. The number of hydrogen-bond acceptors (Lipinski definition) is 4. The third-order valence-electron chi connectivity index (χ3n) is 5.36. The number of hydrogen-bond donors (Lipinski definition) is 1. The Balaban J connectivity index is 1.50. The molecule has 8 heteroatoms. The van der Waals surface area contributed by atoms with E-state index in [-0.39, 0.29) is 23.3 Å². The molecule has 0 radical (unpaired) electrons. The summed E-state index contributed by atoms with van der Waals surface area (Å²) in [6.07, 6.45) is 4.76. The number of nitrogens with one attached hydrogen (secondary N) is 1. The van der Waals surface area contributed by atoms with Crippen molar-refractivity contribution in [1.82, 2.24) is 14.5 Å². The summed E-state index contributed by atoms with van der Waals surface area (Å²) in [6.45, 7) is 4.47. The smallest absolute Gasteiger partial charge is 0.243 e. The topological polar surface area (TPSA) is 69.7 Å². The molecule has 2 aliphatic heterocycles. The van der Waals surface area contributed by atoms with Crippen LogP contribution in [0.4, 0.5) is 4.39 Å². The Kier molecular flexibility index (Phi) is 6.83. The zero-order chi connectivity index (χ0) is 19.3. The molecule has 1 aromatic rings. The van der Waals surface area contributed by atoms with Crippen LogP contribution in [0.1, 0.15) is 32.1 Å². The van der Waals surface area contributed by atoms with Gasteiger partial charge in [0, 0.05) is 19.6 Å². The average Bonchev–Trinajstić information content (AvgIpc) is 3.19. The molecule has 0 saturated carbocycles. The van der Waals surface area contributed by atoms with Crippen molar-refractivity contribution in [3.63, 3.8) is 0 Å². The Morgan fingerprint density at radius 3 is 2.52 bits per heavy atom. The van der Waals surface area contributed by atoms with Crippen molar-refractivity contribution < 1.29 is 17.6 Å². The Morgan fingerprint density at radius 2 is 1.81 bits per heavy atom. The fraction of sp³-hybridized carbons (Fsp3) is 0.632. The van der Waals surface area contributed by atoms with Crippen LogP contribution >= 0.6 is 0 Å². The molecule has 2 saturated heterocycles. The number of carbonyl (C=O) groups excluding carboxylic acids is 1. The van der Waals surface area contributed by atoms with Gasteiger partial charge in [0.05, 0.1) is 10.8 Å². The number of benzene rings is 1. The van der Waals surface area contributed by atoms with Gasteiger partial charge in [0.1, 0.15) is 5.82 Å². The maximum absolute atomic E-state index is 13.1. The molecule has 0 spiro atoms. The molecular weight excluding hydrogens is 369 g/mol. The lowest BCUT2D eigenvalue weighted by molar-refractivity contribution is -0.126. The fourth-order valence-electron chi connectivity index (χ4n) is 3.80. The van der Waals surface area contributed by atoms with Gasteiger partial charge in [-0.3, -0.25) is 4.79 Å². The van der Waals surface area contributed by atoms with Crippen molar-refractivity contribution in [2.75, 3.05) is 39.3 Å². The minimum atomic E-state index is -3.70. The van der Waals surface area contributed by atoms with Crippen LogP contribution in [0.3, 0.4) is 0 Å². The molecule has 1 amide bonds. The second kappa shape index (κ2) is 9.12. The van der Waals surface area contributed by atoms with Gasteiger partial charge >= 0.3 is 0 Å². The van der Waals surface area contributed by atoms with Crippen LogP contribution < -0.4 is 5.32 Å². The van der Waals surface area contributed by atoms with E-state index >= 15 is 0 Å². The molecular formula is C19H28FN3O3S. The van der Waals surface area contributed by atoms with Gasteiger partial charge in [0.15, 0.2) is 0 Å². The van der Waals surface area contributed by atoms with Crippen molar-refractivity contribution in [3.05, 3.63) is 30.1 Å². The highest BCUT2D eigenvalue weighted by atomic mass is 32.2. The number of halogens is 1. The summed E-state index contributed by atoms with van der Waals surface area (Å²) in [6, 6.07) is 4.82. The highest BCUT2D eigenvalue weighted by Gasteiger charge is 2.33. The summed E-state index contributed by atoms with van der Waals surface area (Å²) < 4.78 is 39.9. The van der Waals surface area contributed by atoms with Crippen molar-refractivity contribution in [2.24, 2.45) is 5.92 Å². The Labute approximate surface area is 160 Å². The monoisotopic (exact) mass is 397 g/mol. The predicted molar refractivity (Wildman–Crippen MR) is 101 cm³/mol. The zero-order valence-electron chi connectivity index (χ0n) is 15.6. The van der Waals surface area contributed by atoms with Crippen LogP contribution in [0.15, 0.2) is 29.2 Å². The van der Waals surface area contributed by atoms with Crippen molar-refractivity contribution in [3.8, 4) is 0 Å². The first-order valence-corrected chi connectivity index (χ1v) is 11.2. The normalized spacial score (nSPS) is 22.0. The molecule has 0 aliphatic carbocycles. The van der Waals surface area contributed by atoms with Gasteiger partial charge in [-0.15, -0.1) is 0 Å². The molecule has 0 aromatic heterocycles. The minimum Gasteiger partial charge on any atom is -0.356 e. The Morgan fingerprint density at radius 1 is 1.11 bits per heavy atom. The third-order valence-corrected chi connectivity index (χ3v) is 7.23. The molecule has 0 unspecified atom stereocenters. The standard InChI is InChI=1S/C19H28FN3O3S/c20-17-6-8-18(9-7-17)27(25,26)23-14-3-5-16(15-23)19(24)21-10-4-13-22-11-1-2-12-22/h6-9,16H,1-5,10-15H2,(H,21,24)/t16-/m1/s1. The molecule has 150 valence electrons. The van der Waals surface area contributed by atoms with Crippen molar-refractivity contribution in [2.45, 2.75) is 37.0 Å². The number of amides is 1. The van der Waals surface area contributed by atoms with Crippen LogP contribution in [0, 0.1) is 11.7 Å². The summed E-state index contributed by atoms with van der Waals surface area (Å²) in [4.78, 5) is 14.9. The first kappa shape index (κ1) is 20.2. The first-order chi connectivity index (χ1) is 13.0. The maximum Gasteiger partial charge on any atom is 0.243 e. The number of piperidine rings is 1. The number of nitrogens with zero attached hydrogens (tertiary/aromatic N) is 2. The van der Waals surface area contributed by atoms with Gasteiger partial charge in [-0.2, -0.15) is 4.31 Å². The van der Waals surface area contributed by atoms with E-state index in [4.69, 9.17) is 0 Å². The fourth-order valence-corrected chi connectivity index (χ4v) is 5.32. The largest absolute Gasteiger partial charge is 0.356 e. The summed E-state index contributed by atoms with van der Waals surface area (Å²) >= 11 is 0. The Hall–Kier alpha value is -1.51. The molecule has 2 fully saturated rings. The highest BCUT2D eigenvalue weighted by Crippen LogP contribution is 2.24. The number of carbonyl (C=O) groups is 1. The predicted octanol–water partition coefficient (Wildman–Crippen LogP) is 1.83. The molecule has 0 bridgehead atoms. The zero-order valence-corrected chi connectivity index (χ0v) is 16.4. The lowest BCUT2D eigenvalue weighted by atomic mass is 9.99. The SMILES string of the molecule is O=C(NCCCN1CCCC1)[C@@H]1CCCN(S(=O)(=O)c2ccc(F)cc2)C1. The molecule has 1 N–H and O–H groups in total. The van der Waals surface area contributed by atoms with Crippen LogP contribution in [-0.2, 0) is 14.8 Å². The lowest BCUT2D eigenvalue weighted by Crippen LogP contribution is -2.45. The summed E-state index contributed by atoms with van der Waals surface area (Å²) in [5.41, 5.74) is 0. The van der Waals surface area contributed by atoms with Crippen molar-refractivity contribution in [1.29, 1.82) is 0 Å². The van der Waals surface area contributed by atoms with E-state index in [0.717, 1.165) is 38.2 Å². The summed E-state index contributed by atoms with van der Waals surface area (Å²) in [5, 5.41) is 2.96. The highest BCUT2D eigenvalue weighted by molar-refractivity contribution is 7.89. The van der Waals surface area contributed by atoms with E-state index < -0.39 is 15.8 Å². The average molecular weight is 398 g/mol. The van der Waals surface area contributed by atoms with E-state index in [0.29, 0.717) is 25.9 Å². The quantitative estimate of drug-likeness (QED) is 0.713. The maximum atomic E-state index is 13.1. The molecule has 2 aliphatic rings. The van der Waals surface area contributed by atoms with Gasteiger partial charge in [0.25, 0.3) is 0 Å². The number of rotatable bonds is 7. The molecule has 1 atom stereocenters. The summed E-state index contributed by atoms with van der Waals surface area (Å²) in [5.74, 6) is -0.880. The number of sulfonamides is 1. The van der Waals surface area contributed by atoms with E-state index in [1.54, 1.807) is 0 Å². The summed E-state index contributed by atoms with van der Waals surface area (Å²) in [7, 11) is -3.70. The van der Waals surface area contributed by atoms with Gasteiger partial charge in [-0.25, -0.2) is 12.8 Å². The van der Waals surface area contributed by atoms with Crippen molar-refractivity contribution >= 4 is 15.9 Å². The first-order valence-electron chi connectivity index (χ1n) is 9.72. The van der Waals surface area contributed by atoms with Crippen LogP contribution in [-0.4, -0.2) is 62.8 Å². The van der Waals surface area contributed by atoms with E-state index in [2.05, 4.69) is 10.2 Å². The number of likely N-dealkylation sites (tertiary alicyclic amines) is 1. The molecule has 2 heterocycles. The van der Waals surface area contributed by atoms with E-state index in [1.807, 2.05) is 0 Å².